The zero-order valence-corrected chi connectivity index (χ0v) is 14.4. The van der Waals surface area contributed by atoms with Gasteiger partial charge in [0.15, 0.2) is 0 Å². The third-order valence-corrected chi connectivity index (χ3v) is 4.24. The molecule has 25 heavy (non-hydrogen) atoms. The molecule has 128 valence electrons. The van der Waals surface area contributed by atoms with E-state index in [9.17, 15) is 9.59 Å². The Kier molecular flexibility index (Phi) is 5.05. The number of benzene rings is 2. The third kappa shape index (κ3) is 3.83. The van der Waals surface area contributed by atoms with Crippen molar-refractivity contribution in [2.75, 3.05) is 0 Å². The largest absolute Gasteiger partial charge is 0.464 e. The minimum Gasteiger partial charge on any atom is -0.464 e. The van der Waals surface area contributed by atoms with Crippen LogP contribution in [-0.2, 0) is 17.6 Å². The Morgan fingerprint density at radius 2 is 1.92 bits per heavy atom. The molecule has 3 aromatic rings. The zero-order chi connectivity index (χ0) is 17.8. The Hall–Kier alpha value is -2.79. The molecule has 0 aliphatic heterocycles. The number of halogens is 1. The molecule has 0 saturated heterocycles. The number of hydrogen-bond acceptors (Lipinski definition) is 3. The molecule has 6 heteroatoms. The average Bonchev–Trinajstić information content (AvgIpc) is 3.02. The molecule has 0 unspecified atom stereocenters. The lowest BCUT2D eigenvalue weighted by molar-refractivity contribution is -0.121. The summed E-state index contributed by atoms with van der Waals surface area (Å²) in [5.74, 6) is -0.814. The second-order valence-corrected chi connectivity index (χ2v) is 6.01. The van der Waals surface area contributed by atoms with E-state index in [1.54, 1.807) is 30.5 Å². The number of aryl methyl sites for hydroxylation is 1. The Bertz CT molecular complexity index is 933. The molecule has 0 atom stereocenters. The number of nitrogens with one attached hydrogen (secondary N) is 2. The van der Waals surface area contributed by atoms with Gasteiger partial charge in [-0.25, -0.2) is 0 Å². The summed E-state index contributed by atoms with van der Waals surface area (Å²) < 4.78 is 5.52. The van der Waals surface area contributed by atoms with Crippen molar-refractivity contribution in [2.24, 2.45) is 0 Å². The first-order valence-corrected chi connectivity index (χ1v) is 8.29. The van der Waals surface area contributed by atoms with Crippen molar-refractivity contribution in [1.29, 1.82) is 0 Å². The van der Waals surface area contributed by atoms with Gasteiger partial charge < -0.3 is 4.42 Å². The van der Waals surface area contributed by atoms with Crippen LogP contribution in [0.3, 0.4) is 0 Å². The van der Waals surface area contributed by atoms with E-state index < -0.39 is 5.91 Å². The lowest BCUT2D eigenvalue weighted by Crippen LogP contribution is -2.42. The summed E-state index contributed by atoms with van der Waals surface area (Å²) in [5, 5.41) is 1.21. The Labute approximate surface area is 149 Å². The van der Waals surface area contributed by atoms with Crippen LogP contribution >= 0.6 is 11.6 Å². The van der Waals surface area contributed by atoms with Gasteiger partial charge in [0.1, 0.15) is 5.58 Å². The van der Waals surface area contributed by atoms with Gasteiger partial charge in [-0.05, 0) is 30.2 Å². The van der Waals surface area contributed by atoms with Crippen molar-refractivity contribution in [1.82, 2.24) is 10.9 Å². The predicted molar refractivity (Wildman–Crippen MR) is 96.4 cm³/mol. The normalized spacial score (nSPS) is 10.6. The van der Waals surface area contributed by atoms with Crippen LogP contribution in [0.25, 0.3) is 11.0 Å². The molecule has 5 nitrogen and oxygen atoms in total. The molecular formula is C19H17ClN2O3. The fourth-order valence-corrected chi connectivity index (χ4v) is 2.76. The number of amides is 2. The molecular weight excluding hydrogens is 340 g/mol. The summed E-state index contributed by atoms with van der Waals surface area (Å²) >= 11 is 5.95. The first-order valence-electron chi connectivity index (χ1n) is 7.91. The summed E-state index contributed by atoms with van der Waals surface area (Å²) in [6.07, 6.45) is 2.58. The Morgan fingerprint density at radius 1 is 1.12 bits per heavy atom. The van der Waals surface area contributed by atoms with E-state index in [2.05, 4.69) is 17.8 Å². The van der Waals surface area contributed by atoms with E-state index in [0.29, 0.717) is 10.6 Å². The molecule has 0 radical (unpaired) electrons. The summed E-state index contributed by atoms with van der Waals surface area (Å²) in [5.41, 5.74) is 7.75. The number of hydrazine groups is 1. The van der Waals surface area contributed by atoms with Crippen molar-refractivity contribution < 1.29 is 14.0 Å². The van der Waals surface area contributed by atoms with Gasteiger partial charge in [-0.1, -0.05) is 42.8 Å². The monoisotopic (exact) mass is 356 g/mol. The number of hydrogen-bond donors (Lipinski definition) is 2. The van der Waals surface area contributed by atoms with E-state index in [1.807, 2.05) is 18.2 Å². The van der Waals surface area contributed by atoms with E-state index in [4.69, 9.17) is 16.0 Å². The lowest BCUT2D eigenvalue weighted by Gasteiger charge is -2.08. The van der Waals surface area contributed by atoms with Crippen molar-refractivity contribution in [2.45, 2.75) is 19.8 Å². The lowest BCUT2D eigenvalue weighted by atomic mass is 10.1. The van der Waals surface area contributed by atoms with E-state index in [0.717, 1.165) is 23.0 Å². The van der Waals surface area contributed by atoms with Gasteiger partial charge >= 0.3 is 0 Å². The number of furan rings is 1. The molecule has 2 aromatic carbocycles. The first kappa shape index (κ1) is 17.0. The van der Waals surface area contributed by atoms with Crippen LogP contribution in [0.1, 0.15) is 28.4 Å². The van der Waals surface area contributed by atoms with Crippen LogP contribution in [0.4, 0.5) is 0 Å². The summed E-state index contributed by atoms with van der Waals surface area (Å²) in [4.78, 5) is 24.1. The number of carbonyl (C=O) groups is 2. The smallest absolute Gasteiger partial charge is 0.271 e. The van der Waals surface area contributed by atoms with Crippen molar-refractivity contribution in [3.05, 3.63) is 70.4 Å². The molecule has 0 fully saturated rings. The molecule has 1 heterocycles. The van der Waals surface area contributed by atoms with Crippen LogP contribution in [0.5, 0.6) is 0 Å². The highest BCUT2D eigenvalue weighted by Crippen LogP contribution is 2.23. The number of fused-ring (bicyclic) bond motifs is 1. The maximum atomic E-state index is 12.1. The SMILES string of the molecule is CCc1ccc2c(CC(=O)NNC(=O)c3ccccc3Cl)coc2c1. The maximum Gasteiger partial charge on any atom is 0.271 e. The first-order chi connectivity index (χ1) is 12.1. The van der Waals surface area contributed by atoms with E-state index >= 15 is 0 Å². The van der Waals surface area contributed by atoms with Crippen molar-refractivity contribution in [3.63, 3.8) is 0 Å². The molecule has 3 rings (SSSR count). The number of carbonyl (C=O) groups excluding carboxylic acids is 2. The minimum absolute atomic E-state index is 0.0985. The van der Waals surface area contributed by atoms with Crippen LogP contribution < -0.4 is 10.9 Å². The molecule has 0 aliphatic carbocycles. The van der Waals surface area contributed by atoms with Gasteiger partial charge in [0.2, 0.25) is 5.91 Å². The quantitative estimate of drug-likeness (QED) is 0.701. The predicted octanol–water partition coefficient (Wildman–Crippen LogP) is 3.65. The Morgan fingerprint density at radius 3 is 2.68 bits per heavy atom. The molecule has 2 N–H and O–H groups in total. The molecule has 0 spiro atoms. The van der Waals surface area contributed by atoms with Gasteiger partial charge in [-0.2, -0.15) is 0 Å². The molecule has 1 aromatic heterocycles. The molecule has 0 aliphatic rings. The topological polar surface area (TPSA) is 71.3 Å². The van der Waals surface area contributed by atoms with Crippen LogP contribution in [0.2, 0.25) is 5.02 Å². The highest BCUT2D eigenvalue weighted by Gasteiger charge is 2.13. The molecule has 2 amide bonds. The van der Waals surface area contributed by atoms with Crippen LogP contribution in [0, 0.1) is 0 Å². The summed E-state index contributed by atoms with van der Waals surface area (Å²) in [6, 6.07) is 12.5. The van der Waals surface area contributed by atoms with E-state index in [-0.39, 0.29) is 12.3 Å². The van der Waals surface area contributed by atoms with Crippen LogP contribution in [0.15, 0.2) is 53.1 Å². The van der Waals surface area contributed by atoms with Crippen LogP contribution in [-0.4, -0.2) is 11.8 Å². The minimum atomic E-state index is -0.469. The van der Waals surface area contributed by atoms with Crippen molar-refractivity contribution in [3.8, 4) is 0 Å². The third-order valence-electron chi connectivity index (χ3n) is 3.91. The fourth-order valence-electron chi connectivity index (χ4n) is 2.54. The molecule has 0 saturated carbocycles. The second-order valence-electron chi connectivity index (χ2n) is 5.60. The second kappa shape index (κ2) is 7.40. The van der Waals surface area contributed by atoms with Gasteiger partial charge in [0.25, 0.3) is 5.91 Å². The standard InChI is InChI=1S/C19H17ClN2O3/c1-2-12-7-8-14-13(11-25-17(14)9-12)10-18(23)21-22-19(24)15-5-3-4-6-16(15)20/h3-9,11H,2,10H2,1H3,(H,21,23)(H,22,24). The van der Waals surface area contributed by atoms with Crippen molar-refractivity contribution >= 4 is 34.4 Å². The van der Waals surface area contributed by atoms with E-state index in [1.165, 1.54) is 5.56 Å². The Balaban J connectivity index is 1.63. The summed E-state index contributed by atoms with van der Waals surface area (Å²) in [6.45, 7) is 2.07. The van der Waals surface area contributed by atoms with Gasteiger partial charge in [0.05, 0.1) is 23.3 Å². The summed E-state index contributed by atoms with van der Waals surface area (Å²) in [7, 11) is 0. The highest BCUT2D eigenvalue weighted by molar-refractivity contribution is 6.33. The highest BCUT2D eigenvalue weighted by atomic mass is 35.5. The maximum absolute atomic E-state index is 12.1. The van der Waals surface area contributed by atoms with Gasteiger partial charge in [-0.3, -0.25) is 20.4 Å². The van der Waals surface area contributed by atoms with Gasteiger partial charge in [-0.15, -0.1) is 0 Å². The fraction of sp³-hybridized carbons (Fsp3) is 0.158. The van der Waals surface area contributed by atoms with Gasteiger partial charge in [0, 0.05) is 10.9 Å². The zero-order valence-electron chi connectivity index (χ0n) is 13.6. The molecule has 0 bridgehead atoms. The number of rotatable bonds is 4. The average molecular weight is 357 g/mol.